The van der Waals surface area contributed by atoms with E-state index in [1.165, 1.54) is 72.9 Å². The van der Waals surface area contributed by atoms with Crippen LogP contribution in [0.15, 0.2) is 109 Å². The van der Waals surface area contributed by atoms with E-state index in [9.17, 15) is 0 Å². The molecule has 0 aliphatic carbocycles. The Morgan fingerprint density at radius 1 is 0.644 bits per heavy atom. The first-order valence-electron chi connectivity index (χ1n) is 16.0. The third-order valence-corrected chi connectivity index (χ3v) is 10.3. The van der Waals surface area contributed by atoms with Gasteiger partial charge < -0.3 is 9.80 Å². The zero-order valence-electron chi connectivity index (χ0n) is 27.8. The highest BCUT2D eigenvalue weighted by atomic mass is 15.4. The Labute approximate surface area is 267 Å². The molecule has 226 valence electrons. The van der Waals surface area contributed by atoms with E-state index in [1.807, 2.05) is 0 Å². The highest BCUT2D eigenvalue weighted by molar-refractivity contribution is 5.82. The van der Waals surface area contributed by atoms with E-state index in [4.69, 9.17) is 0 Å². The van der Waals surface area contributed by atoms with Gasteiger partial charge in [-0.3, -0.25) is 0 Å². The van der Waals surface area contributed by atoms with E-state index >= 15 is 0 Å². The number of para-hydroxylation sites is 5. The molecule has 1 aliphatic heterocycles. The van der Waals surface area contributed by atoms with Gasteiger partial charge in [0, 0.05) is 7.05 Å². The lowest BCUT2D eigenvalue weighted by Gasteiger charge is -2.43. The topological polar surface area (TPSA) is 15.3 Å². The number of imidazole rings is 1. The fraction of sp³-hybridized carbons (Fsp3) is 0.244. The second kappa shape index (κ2) is 10.7. The second-order valence-electron chi connectivity index (χ2n) is 12.9. The van der Waals surface area contributed by atoms with Gasteiger partial charge in [0.05, 0.1) is 24.6 Å². The monoisotopic (exact) mass is 591 g/mol. The van der Waals surface area contributed by atoms with Crippen molar-refractivity contribution in [3.63, 3.8) is 0 Å². The molecule has 1 unspecified atom stereocenters. The Bertz CT molecular complexity index is 2070. The molecular formula is C41H43N4+. The van der Waals surface area contributed by atoms with Gasteiger partial charge >= 0.3 is 0 Å². The summed E-state index contributed by atoms with van der Waals surface area (Å²) in [6.07, 6.45) is 0.110. The predicted octanol–water partition coefficient (Wildman–Crippen LogP) is 8.92. The molecule has 7 rings (SSSR count). The number of hydrogen-bond acceptors (Lipinski definition) is 2. The largest absolute Gasteiger partial charge is 0.353 e. The predicted molar refractivity (Wildman–Crippen MR) is 189 cm³/mol. The third-order valence-electron chi connectivity index (χ3n) is 10.3. The third kappa shape index (κ3) is 4.15. The van der Waals surface area contributed by atoms with Crippen molar-refractivity contribution in [2.75, 3.05) is 16.8 Å². The first kappa shape index (κ1) is 28.9. The van der Waals surface area contributed by atoms with Crippen molar-refractivity contribution < 1.29 is 4.57 Å². The molecule has 0 saturated carbocycles. The lowest BCUT2D eigenvalue weighted by Crippen LogP contribution is -2.57. The van der Waals surface area contributed by atoms with Gasteiger partial charge in [-0.2, -0.15) is 4.57 Å². The number of benzene rings is 5. The maximum Gasteiger partial charge on any atom is 0.293 e. The summed E-state index contributed by atoms with van der Waals surface area (Å²) in [7, 11) is 4.47. The van der Waals surface area contributed by atoms with Crippen molar-refractivity contribution in [3.8, 4) is 16.8 Å². The summed E-state index contributed by atoms with van der Waals surface area (Å²) >= 11 is 0. The lowest BCUT2D eigenvalue weighted by atomic mass is 9.81. The second-order valence-corrected chi connectivity index (χ2v) is 12.9. The minimum absolute atomic E-state index is 0.110. The standard InChI is InChI=1S/C41H43N4/c1-27-17-9-10-20-32(27)33-21-16-22-34(30(33)4)41(6,45-31(5)42(7)36-24-12-14-26-38(36)45)40-43(8)35-23-11-13-25-37(35)44(40)39-28(2)18-15-19-29(39)3/h9-26,31H,1-8H3/q+1/t31-,41?/m0/s1. The van der Waals surface area contributed by atoms with Gasteiger partial charge in [0.25, 0.3) is 5.82 Å². The van der Waals surface area contributed by atoms with Crippen LogP contribution in [-0.2, 0) is 12.6 Å². The molecule has 0 fully saturated rings. The minimum atomic E-state index is -0.578. The molecule has 0 saturated heterocycles. The van der Waals surface area contributed by atoms with Crippen LogP contribution in [0.1, 0.15) is 47.5 Å². The summed E-state index contributed by atoms with van der Waals surface area (Å²) in [6.45, 7) is 13.8. The van der Waals surface area contributed by atoms with Crippen LogP contribution in [0.2, 0.25) is 0 Å². The van der Waals surface area contributed by atoms with E-state index in [1.54, 1.807) is 0 Å². The van der Waals surface area contributed by atoms with Crippen LogP contribution in [0, 0.1) is 27.7 Å². The summed E-state index contributed by atoms with van der Waals surface area (Å²) in [5.41, 5.74) is 14.6. The number of nitrogens with zero attached hydrogens (tertiary/aromatic N) is 4. The van der Waals surface area contributed by atoms with Crippen LogP contribution >= 0.6 is 0 Å². The fourth-order valence-electron chi connectivity index (χ4n) is 8.09. The highest BCUT2D eigenvalue weighted by Crippen LogP contribution is 2.50. The van der Waals surface area contributed by atoms with Gasteiger partial charge in [-0.25, -0.2) is 4.57 Å². The van der Waals surface area contributed by atoms with Crippen molar-refractivity contribution in [1.29, 1.82) is 0 Å². The molecule has 4 nitrogen and oxygen atoms in total. The minimum Gasteiger partial charge on any atom is -0.353 e. The van der Waals surface area contributed by atoms with E-state index in [-0.39, 0.29) is 6.17 Å². The lowest BCUT2D eigenvalue weighted by molar-refractivity contribution is -0.657. The maximum atomic E-state index is 2.66. The van der Waals surface area contributed by atoms with Crippen molar-refractivity contribution in [2.45, 2.75) is 53.2 Å². The SMILES string of the molecule is Cc1ccccc1-c1cccc(C(C)(c2n(-c3c(C)cccc3C)c3ccccc3[n+]2C)N2c3ccccc3N(C)[C@@H]2C)c1C. The maximum absolute atomic E-state index is 2.66. The number of fused-ring (bicyclic) bond motifs is 2. The van der Waals surface area contributed by atoms with Crippen molar-refractivity contribution in [3.05, 3.63) is 143 Å². The fourth-order valence-corrected chi connectivity index (χ4v) is 8.09. The van der Waals surface area contributed by atoms with E-state index in [0.717, 1.165) is 0 Å². The molecule has 0 radical (unpaired) electrons. The molecule has 5 aromatic carbocycles. The van der Waals surface area contributed by atoms with E-state index in [2.05, 4.69) is 184 Å². The smallest absolute Gasteiger partial charge is 0.293 e. The Morgan fingerprint density at radius 3 is 1.96 bits per heavy atom. The normalized spacial score (nSPS) is 15.9. The number of aromatic nitrogens is 2. The molecule has 0 spiro atoms. The Kier molecular flexibility index (Phi) is 6.85. The molecule has 2 atom stereocenters. The summed E-state index contributed by atoms with van der Waals surface area (Å²) in [5, 5.41) is 0. The highest BCUT2D eigenvalue weighted by Gasteiger charge is 2.53. The number of aryl methyl sites for hydroxylation is 4. The average Bonchev–Trinajstić information content (AvgIpc) is 3.48. The first-order valence-corrected chi connectivity index (χ1v) is 16.0. The molecule has 0 bridgehead atoms. The van der Waals surface area contributed by atoms with Crippen LogP contribution in [0.4, 0.5) is 11.4 Å². The number of hydrogen-bond donors (Lipinski definition) is 0. The van der Waals surface area contributed by atoms with Crippen molar-refractivity contribution in [2.24, 2.45) is 7.05 Å². The quantitative estimate of drug-likeness (QED) is 0.186. The van der Waals surface area contributed by atoms with Crippen LogP contribution < -0.4 is 14.4 Å². The van der Waals surface area contributed by atoms with Crippen LogP contribution in [0.3, 0.4) is 0 Å². The average molecular weight is 592 g/mol. The summed E-state index contributed by atoms with van der Waals surface area (Å²) in [4.78, 5) is 5.07. The number of rotatable bonds is 5. The molecule has 0 N–H and O–H groups in total. The van der Waals surface area contributed by atoms with E-state index in [0.29, 0.717) is 0 Å². The summed E-state index contributed by atoms with van der Waals surface area (Å²) < 4.78 is 4.99. The van der Waals surface area contributed by atoms with Crippen LogP contribution in [-0.4, -0.2) is 17.8 Å². The van der Waals surface area contributed by atoms with Gasteiger partial charge in [-0.1, -0.05) is 84.9 Å². The van der Waals surface area contributed by atoms with Gasteiger partial charge in [0.15, 0.2) is 16.6 Å². The van der Waals surface area contributed by atoms with Crippen LogP contribution in [0.5, 0.6) is 0 Å². The summed E-state index contributed by atoms with van der Waals surface area (Å²) in [5.74, 6) is 1.23. The first-order chi connectivity index (χ1) is 21.7. The van der Waals surface area contributed by atoms with Crippen molar-refractivity contribution >= 4 is 22.4 Å². The molecule has 6 aromatic rings. The van der Waals surface area contributed by atoms with Gasteiger partial charge in [0.1, 0.15) is 5.69 Å². The molecule has 4 heteroatoms. The van der Waals surface area contributed by atoms with Gasteiger partial charge in [0.2, 0.25) is 0 Å². The van der Waals surface area contributed by atoms with Crippen LogP contribution in [0.25, 0.3) is 27.8 Å². The summed E-state index contributed by atoms with van der Waals surface area (Å²) in [6, 6.07) is 40.0. The molecule has 1 aliphatic rings. The molecule has 0 amide bonds. The molecule has 45 heavy (non-hydrogen) atoms. The molecule has 2 heterocycles. The Hall–Kier alpha value is -4.83. The van der Waals surface area contributed by atoms with Crippen molar-refractivity contribution in [1.82, 2.24) is 4.57 Å². The molecule has 1 aromatic heterocycles. The van der Waals surface area contributed by atoms with Gasteiger partial charge in [-0.05, 0) is 105 Å². The molecular weight excluding hydrogens is 548 g/mol. The van der Waals surface area contributed by atoms with E-state index < -0.39 is 5.54 Å². The Morgan fingerprint density at radius 2 is 1.22 bits per heavy atom. The zero-order valence-corrected chi connectivity index (χ0v) is 27.8. The zero-order chi connectivity index (χ0) is 31.6. The number of anilines is 2. The van der Waals surface area contributed by atoms with Gasteiger partial charge in [-0.15, -0.1) is 0 Å². The Balaban J connectivity index is 1.65.